The fourth-order valence-corrected chi connectivity index (χ4v) is 4.21. The van der Waals surface area contributed by atoms with Crippen LogP contribution in [0.2, 0.25) is 0 Å². The Hall–Kier alpha value is -4.77. The van der Waals surface area contributed by atoms with Gasteiger partial charge in [-0.25, -0.2) is 19.0 Å². The zero-order chi connectivity index (χ0) is 26.9. The van der Waals surface area contributed by atoms with Crippen LogP contribution in [0.3, 0.4) is 0 Å². The quantitative estimate of drug-likeness (QED) is 0.249. The first-order valence-electron chi connectivity index (χ1n) is 11.8. The molecule has 2 aromatic carbocycles. The van der Waals surface area contributed by atoms with Crippen LogP contribution in [0, 0.1) is 12.7 Å². The van der Waals surface area contributed by atoms with E-state index in [1.54, 1.807) is 49.5 Å². The van der Waals surface area contributed by atoms with Crippen LogP contribution in [0.4, 0.5) is 4.39 Å². The molecule has 0 aliphatic heterocycles. The topological polar surface area (TPSA) is 138 Å². The lowest BCUT2D eigenvalue weighted by Crippen LogP contribution is -2.43. The Morgan fingerprint density at radius 2 is 1.97 bits per heavy atom. The maximum Gasteiger partial charge on any atom is 0.284 e. The van der Waals surface area contributed by atoms with Gasteiger partial charge in [-0.1, -0.05) is 24.3 Å². The Labute approximate surface area is 216 Å². The molecule has 1 atom stereocenters. The number of halogens is 1. The van der Waals surface area contributed by atoms with Gasteiger partial charge in [-0.15, -0.1) is 0 Å². The molecule has 1 amide bonds. The molecule has 0 aliphatic carbocycles. The summed E-state index contributed by atoms with van der Waals surface area (Å²) in [5.41, 5.74) is 0.0961. The third-order valence-electron chi connectivity index (χ3n) is 6.05. The molecular weight excluding hydrogens is 491 g/mol. The number of aliphatic hydroxyl groups is 1. The predicted molar refractivity (Wildman–Crippen MR) is 138 cm³/mol. The number of rotatable bonds is 8. The first-order valence-corrected chi connectivity index (χ1v) is 11.8. The zero-order valence-electron chi connectivity index (χ0n) is 20.7. The maximum absolute atomic E-state index is 14.8. The first kappa shape index (κ1) is 24.9. The van der Waals surface area contributed by atoms with E-state index in [0.29, 0.717) is 28.0 Å². The molecule has 5 rings (SSSR count). The van der Waals surface area contributed by atoms with E-state index in [1.165, 1.54) is 30.1 Å². The van der Waals surface area contributed by atoms with Gasteiger partial charge in [-0.2, -0.15) is 0 Å². The molecule has 194 valence electrons. The molecule has 38 heavy (non-hydrogen) atoms. The minimum absolute atomic E-state index is 0.0273. The molecule has 0 saturated carbocycles. The number of aromatic nitrogens is 5. The summed E-state index contributed by atoms with van der Waals surface area (Å²) >= 11 is 0. The highest BCUT2D eigenvalue weighted by molar-refractivity contribution is 5.95. The van der Waals surface area contributed by atoms with Gasteiger partial charge in [-0.3, -0.25) is 14.7 Å². The van der Waals surface area contributed by atoms with Crippen molar-refractivity contribution in [2.45, 2.75) is 25.9 Å². The summed E-state index contributed by atoms with van der Waals surface area (Å²) in [6, 6.07) is 14.9. The molecule has 5 aromatic rings. The van der Waals surface area contributed by atoms with Gasteiger partial charge in [-0.05, 0) is 49.7 Å². The largest absolute Gasteiger partial charge is 0.435 e. The summed E-state index contributed by atoms with van der Waals surface area (Å²) in [6.07, 6.45) is 3.04. The van der Waals surface area contributed by atoms with Crippen LogP contribution in [0.15, 0.2) is 71.9 Å². The van der Waals surface area contributed by atoms with Gasteiger partial charge in [0.05, 0.1) is 16.7 Å². The van der Waals surface area contributed by atoms with Crippen LogP contribution in [0.5, 0.6) is 11.6 Å². The summed E-state index contributed by atoms with van der Waals surface area (Å²) in [7, 11) is 0. The number of aryl methyl sites for hydroxylation is 1. The lowest BCUT2D eigenvalue weighted by Gasteiger charge is -2.24. The fraction of sp³-hybridized carbons (Fsp3) is 0.185. The molecule has 4 N–H and O–H groups in total. The second-order valence-corrected chi connectivity index (χ2v) is 9.23. The van der Waals surface area contributed by atoms with Crippen molar-refractivity contribution in [1.29, 1.82) is 0 Å². The molecule has 0 fully saturated rings. The summed E-state index contributed by atoms with van der Waals surface area (Å²) in [6.45, 7) is 2.99. The van der Waals surface area contributed by atoms with E-state index in [4.69, 9.17) is 4.74 Å². The first-order chi connectivity index (χ1) is 18.2. The standard InChI is InChI=1S/C27H25FN6O4/c1-16-22(26(36)34(33-16)18-6-4-3-5-7-18)24(35)30-14-27(2,37)13-17-8-9-21(20(28)12-17)38-25-19-10-11-29-23(19)31-15-32-25/h3-12,15,33,37H,13-14H2,1-2H3,(H,30,35)(H,29,31,32). The number of carbonyl (C=O) groups is 1. The number of benzene rings is 2. The summed E-state index contributed by atoms with van der Waals surface area (Å²) in [4.78, 5) is 36.8. The molecule has 11 heteroatoms. The monoisotopic (exact) mass is 516 g/mol. The van der Waals surface area contributed by atoms with E-state index in [9.17, 15) is 19.1 Å². The summed E-state index contributed by atoms with van der Waals surface area (Å²) in [5, 5.41) is 17.0. The SMILES string of the molecule is Cc1[nH]n(-c2ccccc2)c(=O)c1C(=O)NCC(C)(O)Cc1ccc(Oc2ncnc3[nH]ccc23)c(F)c1. The maximum atomic E-state index is 14.8. The molecule has 0 bridgehead atoms. The Balaban J connectivity index is 1.25. The van der Waals surface area contributed by atoms with Crippen LogP contribution in [0.25, 0.3) is 16.7 Å². The Morgan fingerprint density at radius 3 is 2.74 bits per heavy atom. The van der Waals surface area contributed by atoms with Gasteiger partial charge >= 0.3 is 0 Å². The van der Waals surface area contributed by atoms with Crippen molar-refractivity contribution in [2.75, 3.05) is 6.54 Å². The van der Waals surface area contributed by atoms with Crippen molar-refractivity contribution < 1.29 is 19.0 Å². The van der Waals surface area contributed by atoms with Gasteiger partial charge in [0.2, 0.25) is 5.88 Å². The molecule has 3 heterocycles. The summed E-state index contributed by atoms with van der Waals surface area (Å²) < 4.78 is 21.8. The van der Waals surface area contributed by atoms with Crippen LogP contribution >= 0.6 is 0 Å². The van der Waals surface area contributed by atoms with E-state index in [2.05, 4.69) is 25.4 Å². The number of para-hydroxylation sites is 1. The second kappa shape index (κ2) is 9.94. The molecule has 3 aromatic heterocycles. The molecule has 0 saturated heterocycles. The number of H-pyrrole nitrogens is 2. The van der Waals surface area contributed by atoms with Gasteiger partial charge in [0.25, 0.3) is 11.5 Å². The van der Waals surface area contributed by atoms with E-state index in [1.807, 2.05) is 6.07 Å². The van der Waals surface area contributed by atoms with Gasteiger partial charge in [0, 0.05) is 24.9 Å². The number of ether oxygens (including phenoxy) is 1. The molecule has 1 unspecified atom stereocenters. The third-order valence-corrected chi connectivity index (χ3v) is 6.05. The van der Waals surface area contributed by atoms with Crippen molar-refractivity contribution in [3.8, 4) is 17.3 Å². The number of nitrogens with zero attached hydrogens (tertiary/aromatic N) is 3. The smallest absolute Gasteiger partial charge is 0.284 e. The van der Waals surface area contributed by atoms with Crippen molar-refractivity contribution in [1.82, 2.24) is 30.0 Å². The number of aromatic amines is 2. The van der Waals surface area contributed by atoms with E-state index < -0.39 is 22.9 Å². The van der Waals surface area contributed by atoms with Crippen LogP contribution in [-0.2, 0) is 6.42 Å². The highest BCUT2D eigenvalue weighted by Gasteiger charge is 2.26. The lowest BCUT2D eigenvalue weighted by atomic mass is 9.96. The Bertz CT molecular complexity index is 1670. The van der Waals surface area contributed by atoms with Crippen molar-refractivity contribution >= 4 is 16.9 Å². The number of hydrogen-bond donors (Lipinski definition) is 4. The fourth-order valence-electron chi connectivity index (χ4n) is 4.21. The highest BCUT2D eigenvalue weighted by atomic mass is 19.1. The van der Waals surface area contributed by atoms with E-state index in [0.717, 1.165) is 0 Å². The normalized spacial score (nSPS) is 12.8. The van der Waals surface area contributed by atoms with Crippen LogP contribution in [0.1, 0.15) is 28.5 Å². The zero-order valence-corrected chi connectivity index (χ0v) is 20.7. The van der Waals surface area contributed by atoms with E-state index in [-0.39, 0.29) is 30.2 Å². The summed E-state index contributed by atoms with van der Waals surface area (Å²) in [5.74, 6) is -1.06. The average Bonchev–Trinajstić information content (AvgIpc) is 3.49. The second-order valence-electron chi connectivity index (χ2n) is 9.23. The van der Waals surface area contributed by atoms with Crippen molar-refractivity contribution in [3.63, 3.8) is 0 Å². The number of amides is 1. The predicted octanol–water partition coefficient (Wildman–Crippen LogP) is 3.40. The van der Waals surface area contributed by atoms with Crippen molar-refractivity contribution in [2.24, 2.45) is 0 Å². The molecule has 0 aliphatic rings. The van der Waals surface area contributed by atoms with Gasteiger partial charge in [0.1, 0.15) is 17.5 Å². The average molecular weight is 517 g/mol. The molecule has 0 spiro atoms. The number of hydrogen-bond acceptors (Lipinski definition) is 6. The minimum Gasteiger partial charge on any atom is -0.435 e. The van der Waals surface area contributed by atoms with Crippen LogP contribution < -0.4 is 15.6 Å². The lowest BCUT2D eigenvalue weighted by molar-refractivity contribution is 0.0551. The molecule has 0 radical (unpaired) electrons. The third kappa shape index (κ3) is 5.04. The molecule has 10 nitrogen and oxygen atoms in total. The minimum atomic E-state index is -1.42. The van der Waals surface area contributed by atoms with E-state index >= 15 is 0 Å². The number of nitrogens with one attached hydrogen (secondary N) is 3. The Morgan fingerprint density at radius 1 is 1.18 bits per heavy atom. The van der Waals surface area contributed by atoms with Gasteiger partial charge in [0.15, 0.2) is 11.6 Å². The highest BCUT2D eigenvalue weighted by Crippen LogP contribution is 2.29. The van der Waals surface area contributed by atoms with Crippen LogP contribution in [-0.4, -0.2) is 47.9 Å². The Kier molecular flexibility index (Phi) is 6.52. The number of fused-ring (bicyclic) bond motifs is 1. The van der Waals surface area contributed by atoms with Gasteiger partial charge < -0.3 is 20.1 Å². The molecular formula is C27H25FN6O4. The van der Waals surface area contributed by atoms with Crippen molar-refractivity contribution in [3.05, 3.63) is 100 Å². The number of carbonyl (C=O) groups excluding carboxylic acids is 1.